The predicted molar refractivity (Wildman–Crippen MR) is 85.2 cm³/mol. The molecule has 0 radical (unpaired) electrons. The summed E-state index contributed by atoms with van der Waals surface area (Å²) < 4.78 is 16.5. The third-order valence-corrected chi connectivity index (χ3v) is 4.05. The maximum absolute atomic E-state index is 6.16. The van der Waals surface area contributed by atoms with Gasteiger partial charge >= 0.3 is 0 Å². The lowest BCUT2D eigenvalue weighted by atomic mass is 9.93. The molecule has 3 nitrogen and oxygen atoms in total. The highest BCUT2D eigenvalue weighted by atomic mass is 35.5. The van der Waals surface area contributed by atoms with E-state index in [0.29, 0.717) is 0 Å². The van der Waals surface area contributed by atoms with Crippen molar-refractivity contribution in [1.82, 2.24) is 0 Å². The standard InChI is InChI=1S/C16H33ClO3/c1-6-7-8-9-10-11-12-15(13-14(2)17)16(18-3,19-4)20-5/h14-15H,6-13H2,1-5H3. The number of hydrogen-bond donors (Lipinski definition) is 0. The van der Waals surface area contributed by atoms with Crippen LogP contribution in [0.1, 0.15) is 65.2 Å². The van der Waals surface area contributed by atoms with Gasteiger partial charge in [0.05, 0.1) is 0 Å². The fraction of sp³-hybridized carbons (Fsp3) is 1.00. The summed E-state index contributed by atoms with van der Waals surface area (Å²) >= 11 is 6.16. The average molecular weight is 309 g/mol. The molecule has 2 atom stereocenters. The molecule has 0 aliphatic heterocycles. The number of unbranched alkanes of at least 4 members (excludes halogenated alkanes) is 5. The largest absolute Gasteiger partial charge is 0.331 e. The van der Waals surface area contributed by atoms with Crippen LogP contribution >= 0.6 is 11.6 Å². The quantitative estimate of drug-likeness (QED) is 0.273. The van der Waals surface area contributed by atoms with Gasteiger partial charge in [-0.25, -0.2) is 0 Å². The molecule has 0 aromatic heterocycles. The Morgan fingerprint density at radius 1 is 0.900 bits per heavy atom. The van der Waals surface area contributed by atoms with Crippen molar-refractivity contribution >= 4 is 11.6 Å². The van der Waals surface area contributed by atoms with Crippen LogP contribution in [0.25, 0.3) is 0 Å². The third-order valence-electron chi connectivity index (χ3n) is 3.87. The van der Waals surface area contributed by atoms with E-state index in [9.17, 15) is 0 Å². The minimum atomic E-state index is -0.966. The number of halogens is 1. The summed E-state index contributed by atoms with van der Waals surface area (Å²) in [6.45, 7) is 4.24. The Morgan fingerprint density at radius 2 is 1.40 bits per heavy atom. The van der Waals surface area contributed by atoms with Crippen LogP contribution in [-0.4, -0.2) is 32.7 Å². The molecule has 20 heavy (non-hydrogen) atoms. The molecule has 2 unspecified atom stereocenters. The Balaban J connectivity index is 4.33. The van der Waals surface area contributed by atoms with Gasteiger partial charge in [-0.1, -0.05) is 45.4 Å². The van der Waals surface area contributed by atoms with Gasteiger partial charge in [-0.05, 0) is 19.8 Å². The van der Waals surface area contributed by atoms with Crippen molar-refractivity contribution in [2.45, 2.75) is 76.6 Å². The summed E-state index contributed by atoms with van der Waals surface area (Å²) in [5.41, 5.74) is 0. The van der Waals surface area contributed by atoms with Gasteiger partial charge in [-0.2, -0.15) is 0 Å². The monoisotopic (exact) mass is 308 g/mol. The molecule has 122 valence electrons. The summed E-state index contributed by atoms with van der Waals surface area (Å²) in [7, 11) is 4.88. The van der Waals surface area contributed by atoms with Gasteiger partial charge in [-0.3, -0.25) is 0 Å². The normalized spacial score (nSPS) is 15.3. The van der Waals surface area contributed by atoms with Crippen molar-refractivity contribution in [3.63, 3.8) is 0 Å². The van der Waals surface area contributed by atoms with Crippen LogP contribution in [0.2, 0.25) is 0 Å². The van der Waals surface area contributed by atoms with E-state index in [-0.39, 0.29) is 11.3 Å². The maximum Gasteiger partial charge on any atom is 0.285 e. The highest BCUT2D eigenvalue weighted by molar-refractivity contribution is 6.20. The molecule has 0 aromatic rings. The second-order valence-electron chi connectivity index (χ2n) is 5.49. The Kier molecular flexibility index (Phi) is 11.9. The third kappa shape index (κ3) is 7.26. The van der Waals surface area contributed by atoms with E-state index < -0.39 is 5.97 Å². The molecule has 0 rings (SSSR count). The van der Waals surface area contributed by atoms with Crippen molar-refractivity contribution < 1.29 is 14.2 Å². The zero-order valence-electron chi connectivity index (χ0n) is 13.9. The van der Waals surface area contributed by atoms with Crippen LogP contribution in [-0.2, 0) is 14.2 Å². The predicted octanol–water partition coefficient (Wildman–Crippen LogP) is 4.96. The van der Waals surface area contributed by atoms with Gasteiger partial charge in [-0.15, -0.1) is 11.6 Å². The molecule has 4 heteroatoms. The van der Waals surface area contributed by atoms with Crippen LogP contribution in [0.4, 0.5) is 0 Å². The lowest BCUT2D eigenvalue weighted by Gasteiger charge is -2.37. The summed E-state index contributed by atoms with van der Waals surface area (Å²) in [6.07, 6.45) is 9.50. The van der Waals surface area contributed by atoms with Crippen molar-refractivity contribution in [2.24, 2.45) is 5.92 Å². The molecule has 0 aromatic carbocycles. The van der Waals surface area contributed by atoms with Crippen molar-refractivity contribution in [2.75, 3.05) is 21.3 Å². The van der Waals surface area contributed by atoms with Crippen LogP contribution in [0, 0.1) is 5.92 Å². The van der Waals surface area contributed by atoms with Crippen molar-refractivity contribution in [3.05, 3.63) is 0 Å². The van der Waals surface area contributed by atoms with E-state index in [4.69, 9.17) is 25.8 Å². The van der Waals surface area contributed by atoms with Crippen LogP contribution < -0.4 is 0 Å². The number of methoxy groups -OCH3 is 3. The number of hydrogen-bond acceptors (Lipinski definition) is 3. The van der Waals surface area contributed by atoms with Crippen LogP contribution in [0.5, 0.6) is 0 Å². The summed E-state index contributed by atoms with van der Waals surface area (Å²) in [5, 5.41) is 0.0833. The SMILES string of the molecule is CCCCCCCCC(CC(C)Cl)C(OC)(OC)OC. The van der Waals surface area contributed by atoms with Gasteiger partial charge in [0.25, 0.3) is 5.97 Å². The second-order valence-corrected chi connectivity index (χ2v) is 6.23. The summed E-state index contributed by atoms with van der Waals surface area (Å²) in [6, 6.07) is 0. The first-order valence-electron chi connectivity index (χ1n) is 7.85. The van der Waals surface area contributed by atoms with Gasteiger partial charge in [0, 0.05) is 32.6 Å². The first kappa shape index (κ1) is 20.2. The molecule has 0 saturated heterocycles. The Hall–Kier alpha value is 0.170. The van der Waals surface area contributed by atoms with Gasteiger partial charge in [0.2, 0.25) is 0 Å². The van der Waals surface area contributed by atoms with E-state index in [1.807, 2.05) is 6.92 Å². The highest BCUT2D eigenvalue weighted by Gasteiger charge is 2.40. The second kappa shape index (κ2) is 11.8. The summed E-state index contributed by atoms with van der Waals surface area (Å²) in [5.74, 6) is -0.812. The van der Waals surface area contributed by atoms with Crippen molar-refractivity contribution in [3.8, 4) is 0 Å². The Labute approximate surface area is 130 Å². The first-order chi connectivity index (χ1) is 9.56. The Morgan fingerprint density at radius 3 is 1.85 bits per heavy atom. The lowest BCUT2D eigenvalue weighted by Crippen LogP contribution is -2.44. The van der Waals surface area contributed by atoms with E-state index >= 15 is 0 Å². The zero-order chi connectivity index (χ0) is 15.4. The molecule has 0 bridgehead atoms. The molecule has 0 aliphatic carbocycles. The van der Waals surface area contributed by atoms with Gasteiger partial charge < -0.3 is 14.2 Å². The fourth-order valence-electron chi connectivity index (χ4n) is 2.75. The Bertz CT molecular complexity index is 210. The number of alkyl halides is 1. The highest BCUT2D eigenvalue weighted by Crippen LogP contribution is 2.33. The zero-order valence-corrected chi connectivity index (χ0v) is 14.7. The maximum atomic E-state index is 6.16. The van der Waals surface area contributed by atoms with Crippen molar-refractivity contribution in [1.29, 1.82) is 0 Å². The topological polar surface area (TPSA) is 27.7 Å². The fourth-order valence-corrected chi connectivity index (χ4v) is 2.97. The molecule has 0 N–H and O–H groups in total. The van der Waals surface area contributed by atoms with E-state index in [1.54, 1.807) is 21.3 Å². The molecule has 0 heterocycles. The van der Waals surface area contributed by atoms with Crippen LogP contribution in [0.15, 0.2) is 0 Å². The van der Waals surface area contributed by atoms with Crippen LogP contribution in [0.3, 0.4) is 0 Å². The molecule has 0 aliphatic rings. The molecular formula is C16H33ClO3. The first-order valence-corrected chi connectivity index (χ1v) is 8.29. The molecule has 0 spiro atoms. The average Bonchev–Trinajstić information content (AvgIpc) is 2.44. The molecule has 0 amide bonds. The van der Waals surface area contributed by atoms with E-state index in [0.717, 1.165) is 19.3 Å². The van der Waals surface area contributed by atoms with E-state index in [2.05, 4.69) is 6.92 Å². The van der Waals surface area contributed by atoms with E-state index in [1.165, 1.54) is 32.1 Å². The molecular weight excluding hydrogens is 276 g/mol. The van der Waals surface area contributed by atoms with Gasteiger partial charge in [0.1, 0.15) is 0 Å². The minimum Gasteiger partial charge on any atom is -0.331 e. The molecule has 0 saturated carbocycles. The summed E-state index contributed by atoms with van der Waals surface area (Å²) in [4.78, 5) is 0. The minimum absolute atomic E-state index is 0.0833. The number of rotatable bonds is 13. The lowest BCUT2D eigenvalue weighted by molar-refractivity contribution is -0.380. The van der Waals surface area contributed by atoms with Gasteiger partial charge in [0.15, 0.2) is 0 Å². The smallest absolute Gasteiger partial charge is 0.285 e. The number of ether oxygens (including phenoxy) is 3. The molecule has 0 fully saturated rings.